The zero-order chi connectivity index (χ0) is 22.9. The molecule has 1 aliphatic carbocycles. The van der Waals surface area contributed by atoms with Crippen LogP contribution in [0.25, 0.3) is 16.3 Å². The van der Waals surface area contributed by atoms with Gasteiger partial charge in [-0.2, -0.15) is 4.57 Å². The molecule has 0 saturated heterocycles. The number of fused-ring (bicyclic) bond motifs is 2. The van der Waals surface area contributed by atoms with Crippen LogP contribution in [0.4, 0.5) is 0 Å². The summed E-state index contributed by atoms with van der Waals surface area (Å²) in [7, 11) is -4.22. The number of halogens is 2. The summed E-state index contributed by atoms with van der Waals surface area (Å²) >= 11 is 14.5. The second-order valence-electron chi connectivity index (χ2n) is 8.54. The minimum Gasteiger partial charge on any atom is -0.748 e. The third-order valence-electron chi connectivity index (χ3n) is 6.19. The maximum atomic E-state index is 11.1. The van der Waals surface area contributed by atoms with Crippen molar-refractivity contribution in [3.63, 3.8) is 0 Å². The van der Waals surface area contributed by atoms with Gasteiger partial charge in [-0.05, 0) is 49.5 Å². The molecule has 0 radical (unpaired) electrons. The van der Waals surface area contributed by atoms with E-state index in [0.29, 0.717) is 13.0 Å². The highest BCUT2D eigenvalue weighted by Crippen LogP contribution is 2.39. The molecule has 1 saturated carbocycles. The summed E-state index contributed by atoms with van der Waals surface area (Å²) in [5.74, 6) is -0.346. The van der Waals surface area contributed by atoms with Crippen LogP contribution in [0, 0.1) is 0 Å². The first kappa shape index (κ1) is 24.0. The molecule has 0 amide bonds. The Morgan fingerprint density at radius 1 is 1.34 bits per heavy atom. The minimum absolute atomic E-state index is 0.114. The van der Waals surface area contributed by atoms with E-state index in [1.54, 1.807) is 11.3 Å². The molecule has 1 aromatic heterocycles. The van der Waals surface area contributed by atoms with Crippen LogP contribution >= 0.6 is 34.5 Å². The van der Waals surface area contributed by atoms with Crippen LogP contribution in [0.15, 0.2) is 35.5 Å². The molecular formula is C23H28Cl2N2O3S2. The maximum absolute atomic E-state index is 11.1. The summed E-state index contributed by atoms with van der Waals surface area (Å²) in [5, 5.41) is 1.98. The van der Waals surface area contributed by atoms with Gasteiger partial charge in [0.15, 0.2) is 6.54 Å². The van der Waals surface area contributed by atoms with Crippen molar-refractivity contribution in [1.29, 1.82) is 0 Å². The molecule has 2 aromatic rings. The number of allylic oxidation sites excluding steroid dienone is 1. The van der Waals surface area contributed by atoms with Crippen LogP contribution in [0.1, 0.15) is 50.5 Å². The number of alkyl halides is 1. The van der Waals surface area contributed by atoms with E-state index in [1.165, 1.54) is 10.3 Å². The molecule has 4 rings (SSSR count). The summed E-state index contributed by atoms with van der Waals surface area (Å²) in [6.45, 7) is 3.61. The highest BCUT2D eigenvalue weighted by molar-refractivity contribution is 7.85. The largest absolute Gasteiger partial charge is 0.748 e. The highest BCUT2D eigenvalue weighted by atomic mass is 35.5. The van der Waals surface area contributed by atoms with Crippen molar-refractivity contribution in [1.82, 2.24) is 4.90 Å². The predicted octanol–water partition coefficient (Wildman–Crippen LogP) is 5.32. The van der Waals surface area contributed by atoms with Gasteiger partial charge in [0.05, 0.1) is 16.2 Å². The zero-order valence-corrected chi connectivity index (χ0v) is 21.2. The molecule has 2 heterocycles. The van der Waals surface area contributed by atoms with Gasteiger partial charge in [0.2, 0.25) is 5.52 Å². The Hall–Kier alpha value is -1.12. The SMILES string of the molecule is CCCC[n+]1c(/C=C2\C=C3CCC(Cl)CC3N2CCCS(=O)(=O)[O-])sc2ccc(Cl)cc21. The lowest BCUT2D eigenvalue weighted by Gasteiger charge is -2.34. The van der Waals surface area contributed by atoms with Crippen molar-refractivity contribution < 1.29 is 17.5 Å². The van der Waals surface area contributed by atoms with Crippen molar-refractivity contribution in [3.8, 4) is 0 Å². The van der Waals surface area contributed by atoms with Gasteiger partial charge in [-0.1, -0.05) is 36.3 Å². The van der Waals surface area contributed by atoms with Crippen LogP contribution in [0.3, 0.4) is 0 Å². The molecule has 2 atom stereocenters. The first-order chi connectivity index (χ1) is 15.2. The fraction of sp³-hybridized carbons (Fsp3) is 0.522. The van der Waals surface area contributed by atoms with E-state index in [0.717, 1.165) is 59.9 Å². The van der Waals surface area contributed by atoms with Crippen molar-refractivity contribution in [2.24, 2.45) is 0 Å². The Labute approximate surface area is 204 Å². The quantitative estimate of drug-likeness (QED) is 0.271. The highest BCUT2D eigenvalue weighted by Gasteiger charge is 2.35. The van der Waals surface area contributed by atoms with Gasteiger partial charge >= 0.3 is 0 Å². The van der Waals surface area contributed by atoms with Gasteiger partial charge in [-0.25, -0.2) is 8.42 Å². The first-order valence-electron chi connectivity index (χ1n) is 11.1. The third-order valence-corrected chi connectivity index (χ3v) is 8.72. The number of rotatable bonds is 8. The summed E-state index contributed by atoms with van der Waals surface area (Å²) in [6, 6.07) is 6.19. The number of benzene rings is 1. The summed E-state index contributed by atoms with van der Waals surface area (Å²) in [5.41, 5.74) is 3.56. The molecule has 174 valence electrons. The summed E-state index contributed by atoms with van der Waals surface area (Å²) in [6.07, 6.45) is 9.66. The van der Waals surface area contributed by atoms with E-state index in [1.807, 2.05) is 12.1 Å². The van der Waals surface area contributed by atoms with Crippen molar-refractivity contribution in [2.75, 3.05) is 12.3 Å². The monoisotopic (exact) mass is 514 g/mol. The minimum atomic E-state index is -4.22. The molecule has 2 aliphatic rings. The van der Waals surface area contributed by atoms with E-state index >= 15 is 0 Å². The number of aromatic nitrogens is 1. The Morgan fingerprint density at radius 3 is 2.91 bits per heavy atom. The first-order valence-corrected chi connectivity index (χ1v) is 14.3. The Bertz CT molecular complexity index is 1160. The topological polar surface area (TPSA) is 64.3 Å². The van der Waals surface area contributed by atoms with Crippen LogP contribution in [-0.2, 0) is 16.7 Å². The van der Waals surface area contributed by atoms with E-state index in [4.69, 9.17) is 23.2 Å². The number of hydrogen-bond donors (Lipinski definition) is 0. The van der Waals surface area contributed by atoms with E-state index in [-0.39, 0.29) is 17.2 Å². The van der Waals surface area contributed by atoms with Crippen LogP contribution in [-0.4, -0.2) is 41.6 Å². The molecule has 9 heteroatoms. The molecule has 32 heavy (non-hydrogen) atoms. The smallest absolute Gasteiger partial charge is 0.264 e. The number of aryl methyl sites for hydroxylation is 1. The van der Waals surface area contributed by atoms with E-state index in [2.05, 4.69) is 34.6 Å². The molecule has 1 fully saturated rings. The molecule has 1 aromatic carbocycles. The molecule has 0 spiro atoms. The fourth-order valence-electron chi connectivity index (χ4n) is 4.63. The lowest BCUT2D eigenvalue weighted by atomic mass is 9.90. The van der Waals surface area contributed by atoms with Gasteiger partial charge < -0.3 is 9.45 Å². The molecular weight excluding hydrogens is 487 g/mol. The number of unbranched alkanes of at least 4 members (excludes halogenated alkanes) is 1. The second-order valence-corrected chi connectivity index (χ2v) is 12.2. The van der Waals surface area contributed by atoms with Gasteiger partial charge in [0.25, 0.3) is 5.01 Å². The van der Waals surface area contributed by atoms with E-state index < -0.39 is 10.1 Å². The van der Waals surface area contributed by atoms with Gasteiger partial charge in [0, 0.05) is 47.0 Å². The van der Waals surface area contributed by atoms with E-state index in [9.17, 15) is 13.0 Å². The van der Waals surface area contributed by atoms with Crippen molar-refractivity contribution in [2.45, 2.75) is 63.4 Å². The fourth-order valence-corrected chi connectivity index (χ4v) is 6.67. The molecule has 0 N–H and O–H groups in total. The van der Waals surface area contributed by atoms with Crippen LogP contribution in [0.2, 0.25) is 5.02 Å². The average Bonchev–Trinajstić information content (AvgIpc) is 3.23. The average molecular weight is 516 g/mol. The van der Waals surface area contributed by atoms with Gasteiger partial charge in [-0.15, -0.1) is 11.6 Å². The lowest BCUT2D eigenvalue weighted by Crippen LogP contribution is -2.37. The Balaban J connectivity index is 1.71. The standard InChI is InChI=1S/C23H28Cl2N2O3S2/c1-2-3-9-27-21-14-18(25)7-8-22(21)31-23(27)15-19-12-16-5-6-17(24)13-20(16)26(19)10-4-11-32(28,29)30/h7-8,12,14-15,17,20H,2-6,9-11,13H2,1H3. The molecule has 0 bridgehead atoms. The lowest BCUT2D eigenvalue weighted by molar-refractivity contribution is -0.669. The van der Waals surface area contributed by atoms with Gasteiger partial charge in [-0.3, -0.25) is 0 Å². The zero-order valence-electron chi connectivity index (χ0n) is 18.1. The number of thiazole rings is 1. The third kappa shape index (κ3) is 5.50. The Morgan fingerprint density at radius 2 is 2.16 bits per heavy atom. The number of hydrogen-bond acceptors (Lipinski definition) is 5. The molecule has 2 unspecified atom stereocenters. The number of nitrogens with zero attached hydrogens (tertiary/aromatic N) is 2. The van der Waals surface area contributed by atoms with Crippen LogP contribution in [0.5, 0.6) is 0 Å². The van der Waals surface area contributed by atoms with Crippen molar-refractivity contribution in [3.05, 3.63) is 45.6 Å². The summed E-state index contributed by atoms with van der Waals surface area (Å²) < 4.78 is 37.0. The Kier molecular flexibility index (Phi) is 7.52. The summed E-state index contributed by atoms with van der Waals surface area (Å²) in [4.78, 5) is 2.25. The second kappa shape index (κ2) is 10.0. The molecule has 1 aliphatic heterocycles. The predicted molar refractivity (Wildman–Crippen MR) is 131 cm³/mol. The van der Waals surface area contributed by atoms with Crippen LogP contribution < -0.4 is 4.57 Å². The van der Waals surface area contributed by atoms with Gasteiger partial charge in [0.1, 0.15) is 4.70 Å². The maximum Gasteiger partial charge on any atom is 0.264 e. The van der Waals surface area contributed by atoms with Crippen molar-refractivity contribution >= 4 is 60.9 Å². The normalized spacial score (nSPS) is 22.6. The molecule has 5 nitrogen and oxygen atoms in total.